The number of fused-ring (bicyclic) bond motifs is 1. The monoisotopic (exact) mass is 307 g/mol. The van der Waals surface area contributed by atoms with Crippen LogP contribution in [0.3, 0.4) is 0 Å². The molecule has 1 unspecified atom stereocenters. The molecular formula is C15H18BrNO. The van der Waals surface area contributed by atoms with Crippen LogP contribution in [0.25, 0.3) is 10.9 Å². The van der Waals surface area contributed by atoms with Crippen molar-refractivity contribution in [2.75, 3.05) is 11.9 Å². The van der Waals surface area contributed by atoms with Gasteiger partial charge in [0.15, 0.2) is 0 Å². The topological polar surface area (TPSA) is 22.1 Å². The summed E-state index contributed by atoms with van der Waals surface area (Å²) in [6.45, 7) is 5.16. The van der Waals surface area contributed by atoms with Gasteiger partial charge in [-0.1, -0.05) is 48.0 Å². The van der Waals surface area contributed by atoms with Crippen molar-refractivity contribution >= 4 is 26.8 Å². The molecule has 0 fully saturated rings. The fourth-order valence-corrected chi connectivity index (χ4v) is 2.74. The number of ether oxygens (including phenoxy) is 1. The quantitative estimate of drug-likeness (QED) is 0.769. The molecule has 0 saturated heterocycles. The Bertz CT molecular complexity index is 507. The summed E-state index contributed by atoms with van der Waals surface area (Å²) in [4.78, 5) is 4.39. The van der Waals surface area contributed by atoms with Gasteiger partial charge < -0.3 is 4.74 Å². The molecule has 2 rings (SSSR count). The van der Waals surface area contributed by atoms with Crippen molar-refractivity contribution in [1.29, 1.82) is 0 Å². The standard InChI is InChI=1S/C15H18BrNO/c1-11(2)13(9-16)10-18-14-7-3-5-12-6-4-8-17-15(12)14/h3-8,11,13H,9-10H2,1-2H3. The molecule has 0 N–H and O–H groups in total. The van der Waals surface area contributed by atoms with E-state index in [1.165, 1.54) is 0 Å². The summed E-state index contributed by atoms with van der Waals surface area (Å²) in [7, 11) is 0. The molecule has 0 aliphatic heterocycles. The molecule has 1 aromatic heterocycles. The van der Waals surface area contributed by atoms with Crippen molar-refractivity contribution in [3.63, 3.8) is 0 Å². The Kier molecular flexibility index (Phi) is 4.59. The average molecular weight is 308 g/mol. The lowest BCUT2D eigenvalue weighted by atomic mass is 9.99. The van der Waals surface area contributed by atoms with Gasteiger partial charge in [0.2, 0.25) is 0 Å². The van der Waals surface area contributed by atoms with Gasteiger partial charge in [0, 0.05) is 22.8 Å². The number of hydrogen-bond acceptors (Lipinski definition) is 2. The zero-order chi connectivity index (χ0) is 13.0. The van der Waals surface area contributed by atoms with Gasteiger partial charge in [-0.3, -0.25) is 4.98 Å². The highest BCUT2D eigenvalue weighted by molar-refractivity contribution is 9.09. The predicted molar refractivity (Wildman–Crippen MR) is 79.4 cm³/mol. The van der Waals surface area contributed by atoms with Crippen LogP contribution in [0.4, 0.5) is 0 Å². The van der Waals surface area contributed by atoms with Crippen molar-refractivity contribution in [1.82, 2.24) is 4.98 Å². The third-order valence-corrected chi connectivity index (χ3v) is 4.02. The third-order valence-electron chi connectivity index (χ3n) is 3.19. The third kappa shape index (κ3) is 3.02. The SMILES string of the molecule is CC(C)C(CBr)COc1cccc2cccnc12. The maximum Gasteiger partial charge on any atom is 0.145 e. The lowest BCUT2D eigenvalue weighted by Crippen LogP contribution is -2.19. The summed E-state index contributed by atoms with van der Waals surface area (Å²) in [5.74, 6) is 2.00. The van der Waals surface area contributed by atoms with Crippen LogP contribution in [0.15, 0.2) is 36.5 Å². The van der Waals surface area contributed by atoms with Crippen molar-refractivity contribution in [2.24, 2.45) is 11.8 Å². The average Bonchev–Trinajstić information content (AvgIpc) is 2.39. The minimum absolute atomic E-state index is 0.518. The molecule has 1 heterocycles. The molecule has 2 aromatic rings. The Labute approximate surface area is 117 Å². The summed E-state index contributed by atoms with van der Waals surface area (Å²) in [5, 5.41) is 2.08. The van der Waals surface area contributed by atoms with Crippen molar-refractivity contribution in [3.8, 4) is 5.75 Å². The highest BCUT2D eigenvalue weighted by Gasteiger charge is 2.13. The van der Waals surface area contributed by atoms with E-state index in [1.54, 1.807) is 6.20 Å². The first-order chi connectivity index (χ1) is 8.72. The second-order valence-electron chi connectivity index (χ2n) is 4.80. The van der Waals surface area contributed by atoms with Gasteiger partial charge in [0.05, 0.1) is 6.61 Å². The molecule has 0 radical (unpaired) electrons. The van der Waals surface area contributed by atoms with Crippen LogP contribution >= 0.6 is 15.9 Å². The Morgan fingerprint density at radius 1 is 1.22 bits per heavy atom. The van der Waals surface area contributed by atoms with E-state index in [1.807, 2.05) is 18.2 Å². The number of pyridine rings is 1. The fraction of sp³-hybridized carbons (Fsp3) is 0.400. The summed E-state index contributed by atoms with van der Waals surface area (Å²) in [6.07, 6.45) is 1.81. The van der Waals surface area contributed by atoms with Crippen LogP contribution in [-0.2, 0) is 0 Å². The van der Waals surface area contributed by atoms with Gasteiger partial charge in [-0.2, -0.15) is 0 Å². The lowest BCUT2D eigenvalue weighted by molar-refractivity contribution is 0.229. The molecule has 1 atom stereocenters. The van der Waals surface area contributed by atoms with E-state index in [0.29, 0.717) is 11.8 Å². The van der Waals surface area contributed by atoms with E-state index in [4.69, 9.17) is 4.74 Å². The molecule has 0 bridgehead atoms. The number of halogens is 1. The van der Waals surface area contributed by atoms with Crippen LogP contribution in [0.5, 0.6) is 5.75 Å². The van der Waals surface area contributed by atoms with Gasteiger partial charge in [0.25, 0.3) is 0 Å². The summed E-state index contributed by atoms with van der Waals surface area (Å²) >= 11 is 3.54. The first-order valence-electron chi connectivity index (χ1n) is 6.25. The summed E-state index contributed by atoms with van der Waals surface area (Å²) < 4.78 is 5.94. The smallest absolute Gasteiger partial charge is 0.145 e. The lowest BCUT2D eigenvalue weighted by Gasteiger charge is -2.19. The largest absolute Gasteiger partial charge is 0.491 e. The number of alkyl halides is 1. The Balaban J connectivity index is 2.17. The molecule has 0 amide bonds. The molecule has 0 aliphatic carbocycles. The maximum atomic E-state index is 5.94. The van der Waals surface area contributed by atoms with Crippen molar-refractivity contribution < 1.29 is 4.74 Å². The minimum Gasteiger partial charge on any atom is -0.491 e. The van der Waals surface area contributed by atoms with Crippen LogP contribution in [0.2, 0.25) is 0 Å². The maximum absolute atomic E-state index is 5.94. The molecule has 0 spiro atoms. The molecule has 2 nitrogen and oxygen atoms in total. The molecule has 0 aliphatic rings. The Morgan fingerprint density at radius 3 is 2.72 bits per heavy atom. The predicted octanol–water partition coefficient (Wildman–Crippen LogP) is 4.28. The van der Waals surface area contributed by atoms with Gasteiger partial charge in [-0.05, 0) is 18.1 Å². The number of para-hydroxylation sites is 1. The molecule has 96 valence electrons. The number of benzene rings is 1. The van der Waals surface area contributed by atoms with Crippen molar-refractivity contribution in [3.05, 3.63) is 36.5 Å². The molecule has 1 aromatic carbocycles. The molecular weight excluding hydrogens is 290 g/mol. The number of nitrogens with zero attached hydrogens (tertiary/aromatic N) is 1. The zero-order valence-corrected chi connectivity index (χ0v) is 12.4. The number of aromatic nitrogens is 1. The van der Waals surface area contributed by atoms with E-state index in [0.717, 1.165) is 28.6 Å². The van der Waals surface area contributed by atoms with Crippen LogP contribution in [0, 0.1) is 11.8 Å². The van der Waals surface area contributed by atoms with Gasteiger partial charge in [-0.15, -0.1) is 0 Å². The molecule has 0 saturated carbocycles. The first kappa shape index (κ1) is 13.3. The van der Waals surface area contributed by atoms with E-state index in [2.05, 4.69) is 46.9 Å². The van der Waals surface area contributed by atoms with E-state index < -0.39 is 0 Å². The Hall–Kier alpha value is -1.09. The second-order valence-corrected chi connectivity index (χ2v) is 5.45. The van der Waals surface area contributed by atoms with Gasteiger partial charge in [0.1, 0.15) is 11.3 Å². The van der Waals surface area contributed by atoms with Crippen LogP contribution in [-0.4, -0.2) is 16.9 Å². The van der Waals surface area contributed by atoms with E-state index in [-0.39, 0.29) is 0 Å². The summed E-state index contributed by atoms with van der Waals surface area (Å²) in [5.41, 5.74) is 0.942. The Morgan fingerprint density at radius 2 is 2.00 bits per heavy atom. The number of rotatable bonds is 5. The summed E-state index contributed by atoms with van der Waals surface area (Å²) in [6, 6.07) is 10.1. The second kappa shape index (κ2) is 6.19. The fourth-order valence-electron chi connectivity index (χ4n) is 1.80. The highest BCUT2D eigenvalue weighted by Crippen LogP contribution is 2.24. The van der Waals surface area contributed by atoms with E-state index in [9.17, 15) is 0 Å². The van der Waals surface area contributed by atoms with Crippen molar-refractivity contribution in [2.45, 2.75) is 13.8 Å². The van der Waals surface area contributed by atoms with Crippen LogP contribution in [0.1, 0.15) is 13.8 Å². The van der Waals surface area contributed by atoms with Gasteiger partial charge in [-0.25, -0.2) is 0 Å². The first-order valence-corrected chi connectivity index (χ1v) is 7.37. The highest BCUT2D eigenvalue weighted by atomic mass is 79.9. The zero-order valence-electron chi connectivity index (χ0n) is 10.8. The number of hydrogen-bond donors (Lipinski definition) is 0. The van der Waals surface area contributed by atoms with Crippen LogP contribution < -0.4 is 4.74 Å². The normalized spacial score (nSPS) is 12.9. The minimum atomic E-state index is 0.518. The van der Waals surface area contributed by atoms with Gasteiger partial charge >= 0.3 is 0 Å². The van der Waals surface area contributed by atoms with E-state index >= 15 is 0 Å². The molecule has 18 heavy (non-hydrogen) atoms. The molecule has 3 heteroatoms.